The summed E-state index contributed by atoms with van der Waals surface area (Å²) in [7, 11) is 2.04. The molecule has 2 aromatic rings. The zero-order valence-electron chi connectivity index (χ0n) is 12.1. The third kappa shape index (κ3) is 4.49. The van der Waals surface area contributed by atoms with E-state index < -0.39 is 0 Å². The van der Waals surface area contributed by atoms with Crippen molar-refractivity contribution in [2.45, 2.75) is 6.42 Å². The van der Waals surface area contributed by atoms with Crippen LogP contribution in [0, 0.1) is 0 Å². The van der Waals surface area contributed by atoms with Crippen LogP contribution in [-0.4, -0.2) is 31.0 Å². The van der Waals surface area contributed by atoms with Gasteiger partial charge in [-0.25, -0.2) is 4.98 Å². The quantitative estimate of drug-likeness (QED) is 0.795. The molecule has 0 fully saturated rings. The minimum absolute atomic E-state index is 0.119. The number of aromatic nitrogens is 1. The van der Waals surface area contributed by atoms with Crippen molar-refractivity contribution >= 4 is 17.4 Å². The predicted octanol–water partition coefficient (Wildman–Crippen LogP) is 1.92. The fourth-order valence-corrected chi connectivity index (χ4v) is 2.02. The summed E-state index contributed by atoms with van der Waals surface area (Å²) < 4.78 is 0. The van der Waals surface area contributed by atoms with Crippen LogP contribution in [0.2, 0.25) is 0 Å². The number of hydrogen-bond donors (Lipinski definition) is 2. The molecule has 0 unspecified atom stereocenters. The third-order valence-electron chi connectivity index (χ3n) is 3.20. The van der Waals surface area contributed by atoms with Crippen LogP contribution < -0.4 is 16.0 Å². The largest absolute Gasteiger partial charge is 0.384 e. The highest BCUT2D eigenvalue weighted by atomic mass is 16.1. The second-order valence-corrected chi connectivity index (χ2v) is 4.84. The lowest BCUT2D eigenvalue weighted by atomic mass is 10.2. The standard InChI is InChI=1S/C16H20N4O/c1-20(14-6-3-2-4-7-14)11-5-9-19-16(21)13-8-10-18-15(17)12-13/h2-4,6-8,10,12H,5,9,11H2,1H3,(H2,17,18)(H,19,21). The Balaban J connectivity index is 1.74. The summed E-state index contributed by atoms with van der Waals surface area (Å²) in [5.74, 6) is 0.234. The highest BCUT2D eigenvalue weighted by molar-refractivity contribution is 5.94. The van der Waals surface area contributed by atoms with E-state index in [4.69, 9.17) is 5.73 Å². The normalized spacial score (nSPS) is 10.1. The molecule has 5 nitrogen and oxygen atoms in total. The highest BCUT2D eigenvalue weighted by Gasteiger charge is 2.05. The number of nitrogens with two attached hydrogens (primary N) is 1. The molecular weight excluding hydrogens is 264 g/mol. The van der Waals surface area contributed by atoms with Gasteiger partial charge in [0.05, 0.1) is 0 Å². The van der Waals surface area contributed by atoms with Crippen LogP contribution in [0.15, 0.2) is 48.7 Å². The van der Waals surface area contributed by atoms with E-state index >= 15 is 0 Å². The summed E-state index contributed by atoms with van der Waals surface area (Å²) in [5.41, 5.74) is 7.27. The van der Waals surface area contributed by atoms with Crippen molar-refractivity contribution in [2.24, 2.45) is 0 Å². The van der Waals surface area contributed by atoms with Crippen LogP contribution in [0.5, 0.6) is 0 Å². The molecule has 21 heavy (non-hydrogen) atoms. The van der Waals surface area contributed by atoms with Gasteiger partial charge in [-0.2, -0.15) is 0 Å². The molecule has 0 atom stereocenters. The number of para-hydroxylation sites is 1. The average molecular weight is 284 g/mol. The summed E-state index contributed by atoms with van der Waals surface area (Å²) in [6.45, 7) is 1.50. The van der Waals surface area contributed by atoms with Crippen molar-refractivity contribution in [2.75, 3.05) is 30.8 Å². The summed E-state index contributed by atoms with van der Waals surface area (Å²) in [4.78, 5) is 17.9. The van der Waals surface area contributed by atoms with Crippen molar-refractivity contribution in [1.29, 1.82) is 0 Å². The molecular formula is C16H20N4O. The van der Waals surface area contributed by atoms with Crippen LogP contribution >= 0.6 is 0 Å². The van der Waals surface area contributed by atoms with Gasteiger partial charge in [0.25, 0.3) is 5.91 Å². The van der Waals surface area contributed by atoms with Gasteiger partial charge >= 0.3 is 0 Å². The lowest BCUT2D eigenvalue weighted by Crippen LogP contribution is -2.28. The van der Waals surface area contributed by atoms with E-state index in [1.54, 1.807) is 12.1 Å². The number of carbonyl (C=O) groups excluding carboxylic acids is 1. The Kier molecular flexibility index (Phi) is 5.15. The molecule has 1 heterocycles. The van der Waals surface area contributed by atoms with Gasteiger partial charge in [-0.05, 0) is 30.7 Å². The number of amides is 1. The Morgan fingerprint density at radius 3 is 2.76 bits per heavy atom. The monoisotopic (exact) mass is 284 g/mol. The summed E-state index contributed by atoms with van der Waals surface area (Å²) >= 11 is 0. The minimum Gasteiger partial charge on any atom is -0.384 e. The second kappa shape index (κ2) is 7.28. The van der Waals surface area contributed by atoms with Crippen molar-refractivity contribution in [1.82, 2.24) is 10.3 Å². The van der Waals surface area contributed by atoms with Gasteiger partial charge in [-0.1, -0.05) is 18.2 Å². The van der Waals surface area contributed by atoms with E-state index in [0.717, 1.165) is 13.0 Å². The van der Waals surface area contributed by atoms with Gasteiger partial charge in [0, 0.05) is 37.6 Å². The Morgan fingerprint density at radius 2 is 2.05 bits per heavy atom. The topological polar surface area (TPSA) is 71.2 Å². The molecule has 1 aromatic heterocycles. The van der Waals surface area contributed by atoms with Crippen molar-refractivity contribution in [3.8, 4) is 0 Å². The van der Waals surface area contributed by atoms with E-state index in [1.165, 1.54) is 11.9 Å². The van der Waals surface area contributed by atoms with Gasteiger partial charge in [0.2, 0.25) is 0 Å². The van der Waals surface area contributed by atoms with E-state index in [9.17, 15) is 4.79 Å². The van der Waals surface area contributed by atoms with Gasteiger partial charge in [0.1, 0.15) is 5.82 Å². The zero-order chi connectivity index (χ0) is 15.1. The summed E-state index contributed by atoms with van der Waals surface area (Å²) in [6, 6.07) is 13.4. The Morgan fingerprint density at radius 1 is 1.29 bits per heavy atom. The molecule has 110 valence electrons. The molecule has 1 aromatic carbocycles. The molecule has 0 aliphatic carbocycles. The number of nitrogens with one attached hydrogen (secondary N) is 1. The first-order chi connectivity index (χ1) is 10.2. The Bertz CT molecular complexity index is 586. The fraction of sp³-hybridized carbons (Fsp3) is 0.250. The molecule has 0 aliphatic rings. The first-order valence-electron chi connectivity index (χ1n) is 6.93. The molecule has 0 saturated carbocycles. The van der Waals surface area contributed by atoms with Crippen molar-refractivity contribution in [3.63, 3.8) is 0 Å². The van der Waals surface area contributed by atoms with Crippen LogP contribution in [0.4, 0.5) is 11.5 Å². The molecule has 5 heteroatoms. The number of hydrogen-bond acceptors (Lipinski definition) is 4. The minimum atomic E-state index is -0.119. The maximum Gasteiger partial charge on any atom is 0.251 e. The molecule has 0 saturated heterocycles. The van der Waals surface area contributed by atoms with Gasteiger partial charge in [-0.15, -0.1) is 0 Å². The number of rotatable bonds is 6. The number of nitrogens with zero attached hydrogens (tertiary/aromatic N) is 2. The molecule has 0 bridgehead atoms. The second-order valence-electron chi connectivity index (χ2n) is 4.84. The van der Waals surface area contributed by atoms with Crippen molar-refractivity contribution in [3.05, 3.63) is 54.2 Å². The molecule has 2 rings (SSSR count). The third-order valence-corrected chi connectivity index (χ3v) is 3.20. The van der Waals surface area contributed by atoms with Gasteiger partial charge in [-0.3, -0.25) is 4.79 Å². The van der Waals surface area contributed by atoms with E-state index in [1.807, 2.05) is 25.2 Å². The number of carbonyl (C=O) groups is 1. The number of pyridine rings is 1. The zero-order valence-corrected chi connectivity index (χ0v) is 12.1. The molecule has 3 N–H and O–H groups in total. The fourth-order valence-electron chi connectivity index (χ4n) is 2.02. The van der Waals surface area contributed by atoms with Crippen molar-refractivity contribution < 1.29 is 4.79 Å². The molecule has 0 spiro atoms. The van der Waals surface area contributed by atoms with E-state index in [2.05, 4.69) is 27.3 Å². The van der Waals surface area contributed by atoms with E-state index in [-0.39, 0.29) is 5.91 Å². The van der Waals surface area contributed by atoms with Gasteiger partial charge < -0.3 is 16.0 Å². The lowest BCUT2D eigenvalue weighted by molar-refractivity contribution is 0.0953. The maximum atomic E-state index is 11.9. The first kappa shape index (κ1) is 14.8. The number of anilines is 2. The van der Waals surface area contributed by atoms with Crippen LogP contribution in [-0.2, 0) is 0 Å². The smallest absolute Gasteiger partial charge is 0.251 e. The van der Waals surface area contributed by atoms with Crippen LogP contribution in [0.25, 0.3) is 0 Å². The Hall–Kier alpha value is -2.56. The maximum absolute atomic E-state index is 11.9. The highest BCUT2D eigenvalue weighted by Crippen LogP contribution is 2.10. The lowest BCUT2D eigenvalue weighted by Gasteiger charge is -2.19. The van der Waals surface area contributed by atoms with Gasteiger partial charge in [0.15, 0.2) is 0 Å². The first-order valence-corrected chi connectivity index (χ1v) is 6.93. The summed E-state index contributed by atoms with van der Waals surface area (Å²) in [5, 5.41) is 2.88. The molecule has 1 amide bonds. The predicted molar refractivity (Wildman–Crippen MR) is 85.3 cm³/mol. The molecule has 0 aliphatic heterocycles. The number of benzene rings is 1. The summed E-state index contributed by atoms with van der Waals surface area (Å²) in [6.07, 6.45) is 2.41. The van der Waals surface area contributed by atoms with E-state index in [0.29, 0.717) is 17.9 Å². The molecule has 0 radical (unpaired) electrons. The average Bonchev–Trinajstić information content (AvgIpc) is 2.52. The SMILES string of the molecule is CN(CCCNC(=O)c1ccnc(N)c1)c1ccccc1. The van der Waals surface area contributed by atoms with Crippen LogP contribution in [0.3, 0.4) is 0 Å². The van der Waals surface area contributed by atoms with Crippen LogP contribution in [0.1, 0.15) is 16.8 Å². The number of nitrogen functional groups attached to an aromatic ring is 1. The Labute approximate surface area is 124 Å².